The van der Waals surface area contributed by atoms with Crippen molar-refractivity contribution < 1.29 is 4.74 Å². The Hall–Kier alpha value is -1.36. The minimum Gasteiger partial charge on any atom is -0.479 e. The smallest absolute Gasteiger partial charge is 0.245 e. The molecule has 1 aliphatic rings. The van der Waals surface area contributed by atoms with E-state index < -0.39 is 0 Å². The zero-order valence-electron chi connectivity index (χ0n) is 9.72. The van der Waals surface area contributed by atoms with Crippen LogP contribution in [0.2, 0.25) is 0 Å². The van der Waals surface area contributed by atoms with Gasteiger partial charge in [-0.3, -0.25) is 0 Å². The third kappa shape index (κ3) is 1.65. The Morgan fingerprint density at radius 1 is 1.47 bits per heavy atom. The third-order valence-electron chi connectivity index (χ3n) is 2.93. The van der Waals surface area contributed by atoms with Gasteiger partial charge in [0.15, 0.2) is 11.2 Å². The van der Waals surface area contributed by atoms with Crippen LogP contribution in [0.5, 0.6) is 5.88 Å². The number of imidazole rings is 1. The Kier molecular flexibility index (Phi) is 2.43. The molecule has 0 bridgehead atoms. The lowest BCUT2D eigenvalue weighted by atomic mass is 10.4. The highest BCUT2D eigenvalue weighted by Gasteiger charge is 2.31. The van der Waals surface area contributed by atoms with Crippen molar-refractivity contribution in [2.45, 2.75) is 31.2 Å². The second-order valence-corrected chi connectivity index (χ2v) is 4.90. The van der Waals surface area contributed by atoms with Crippen LogP contribution in [-0.4, -0.2) is 26.6 Å². The first-order valence-corrected chi connectivity index (χ1v) is 6.07. The van der Waals surface area contributed by atoms with Crippen LogP contribution < -0.4 is 4.74 Å². The maximum atomic E-state index is 6.17. The van der Waals surface area contributed by atoms with Gasteiger partial charge in [-0.1, -0.05) is 0 Å². The Morgan fingerprint density at radius 3 is 2.82 bits per heavy atom. The molecule has 0 aromatic carbocycles. The van der Waals surface area contributed by atoms with Crippen molar-refractivity contribution in [1.29, 1.82) is 0 Å². The van der Waals surface area contributed by atoms with Gasteiger partial charge in [0.1, 0.15) is 12.2 Å². The summed E-state index contributed by atoms with van der Waals surface area (Å²) in [4.78, 5) is 12.9. The predicted octanol–water partition coefficient (Wildman–Crippen LogP) is 2.47. The largest absolute Gasteiger partial charge is 0.479 e. The number of alkyl halides is 1. The van der Waals surface area contributed by atoms with Gasteiger partial charge in [-0.15, -0.1) is 11.6 Å². The van der Waals surface area contributed by atoms with Crippen molar-refractivity contribution in [1.82, 2.24) is 19.5 Å². The van der Waals surface area contributed by atoms with Gasteiger partial charge in [0.05, 0.1) is 12.5 Å². The lowest BCUT2D eigenvalue weighted by Gasteiger charge is -2.07. The quantitative estimate of drug-likeness (QED) is 0.788. The molecule has 1 fully saturated rings. The Labute approximate surface area is 104 Å². The van der Waals surface area contributed by atoms with Gasteiger partial charge in [0, 0.05) is 6.04 Å². The maximum Gasteiger partial charge on any atom is 0.245 e. The first-order valence-electron chi connectivity index (χ1n) is 5.63. The Balaban J connectivity index is 2.29. The predicted molar refractivity (Wildman–Crippen MR) is 64.4 cm³/mol. The van der Waals surface area contributed by atoms with E-state index in [-0.39, 0.29) is 5.38 Å². The lowest BCUT2D eigenvalue weighted by molar-refractivity contribution is 0.401. The number of rotatable bonds is 3. The van der Waals surface area contributed by atoms with Crippen molar-refractivity contribution in [2.24, 2.45) is 0 Å². The Morgan fingerprint density at radius 2 is 2.24 bits per heavy atom. The number of halogens is 1. The number of hydrogen-bond donors (Lipinski definition) is 0. The van der Waals surface area contributed by atoms with Gasteiger partial charge in [0.25, 0.3) is 0 Å². The summed E-state index contributed by atoms with van der Waals surface area (Å²) < 4.78 is 7.33. The fourth-order valence-corrected chi connectivity index (χ4v) is 2.18. The molecule has 6 heteroatoms. The minimum atomic E-state index is -0.144. The minimum absolute atomic E-state index is 0.144. The number of methoxy groups -OCH3 is 1. The normalized spacial score (nSPS) is 17.4. The fourth-order valence-electron chi connectivity index (χ4n) is 2.03. The standard InChI is InChI=1S/C11H13ClN4O/c1-6(12)9-15-8-10(16(9)7-3-4-7)13-5-14-11(8)17-2/h5-7H,3-4H2,1-2H3. The van der Waals surface area contributed by atoms with Crippen LogP contribution in [0.25, 0.3) is 11.2 Å². The lowest BCUT2D eigenvalue weighted by Crippen LogP contribution is -2.02. The molecule has 1 atom stereocenters. The van der Waals surface area contributed by atoms with E-state index in [9.17, 15) is 0 Å². The van der Waals surface area contributed by atoms with Crippen LogP contribution in [0.1, 0.15) is 37.0 Å². The molecule has 0 radical (unpaired) electrons. The highest BCUT2D eigenvalue weighted by molar-refractivity contribution is 6.20. The highest BCUT2D eigenvalue weighted by Crippen LogP contribution is 2.41. The molecule has 1 unspecified atom stereocenters. The van der Waals surface area contributed by atoms with Crippen LogP contribution in [0.15, 0.2) is 6.33 Å². The van der Waals surface area contributed by atoms with Crippen molar-refractivity contribution in [3.05, 3.63) is 12.2 Å². The molecule has 2 aromatic rings. The van der Waals surface area contributed by atoms with Gasteiger partial charge < -0.3 is 9.30 Å². The monoisotopic (exact) mass is 252 g/mol. The van der Waals surface area contributed by atoms with Crippen LogP contribution in [0.4, 0.5) is 0 Å². The molecule has 2 aromatic heterocycles. The van der Waals surface area contributed by atoms with Gasteiger partial charge in [0.2, 0.25) is 5.88 Å². The molecule has 3 rings (SSSR count). The zero-order chi connectivity index (χ0) is 12.0. The summed E-state index contributed by atoms with van der Waals surface area (Å²) in [5.74, 6) is 1.36. The van der Waals surface area contributed by atoms with E-state index in [0.717, 1.165) is 24.3 Å². The van der Waals surface area contributed by atoms with E-state index in [1.54, 1.807) is 7.11 Å². The Bertz CT molecular complexity index is 562. The van der Waals surface area contributed by atoms with Crippen molar-refractivity contribution in [3.63, 3.8) is 0 Å². The van der Waals surface area contributed by atoms with Crippen LogP contribution in [0.3, 0.4) is 0 Å². The molecule has 5 nitrogen and oxygen atoms in total. The maximum absolute atomic E-state index is 6.17. The molecular weight excluding hydrogens is 240 g/mol. The first-order chi connectivity index (χ1) is 8.22. The molecule has 0 N–H and O–H groups in total. The SMILES string of the molecule is COc1ncnc2c1nc(C(C)Cl)n2C1CC1. The van der Waals surface area contributed by atoms with E-state index in [4.69, 9.17) is 16.3 Å². The van der Waals surface area contributed by atoms with Crippen LogP contribution in [-0.2, 0) is 0 Å². The number of fused-ring (bicyclic) bond motifs is 1. The molecule has 17 heavy (non-hydrogen) atoms. The summed E-state index contributed by atoms with van der Waals surface area (Å²) >= 11 is 6.17. The second-order valence-electron chi connectivity index (χ2n) is 4.24. The summed E-state index contributed by atoms with van der Waals surface area (Å²) in [6, 6.07) is 0.482. The molecule has 2 heterocycles. The van der Waals surface area contributed by atoms with Crippen LogP contribution in [0, 0.1) is 0 Å². The van der Waals surface area contributed by atoms with Crippen molar-refractivity contribution >= 4 is 22.8 Å². The van der Waals surface area contributed by atoms with E-state index in [1.165, 1.54) is 6.33 Å². The number of nitrogens with zero attached hydrogens (tertiary/aromatic N) is 4. The van der Waals surface area contributed by atoms with Crippen molar-refractivity contribution in [3.8, 4) is 5.88 Å². The van der Waals surface area contributed by atoms with E-state index in [2.05, 4.69) is 19.5 Å². The summed E-state index contributed by atoms with van der Waals surface area (Å²) in [7, 11) is 1.59. The zero-order valence-corrected chi connectivity index (χ0v) is 10.5. The molecule has 1 saturated carbocycles. The summed E-state index contributed by atoms with van der Waals surface area (Å²) in [5, 5.41) is -0.144. The highest BCUT2D eigenvalue weighted by atomic mass is 35.5. The molecule has 0 spiro atoms. The van der Waals surface area contributed by atoms with Crippen molar-refractivity contribution in [2.75, 3.05) is 7.11 Å². The number of hydrogen-bond acceptors (Lipinski definition) is 4. The molecule has 90 valence electrons. The summed E-state index contributed by atoms with van der Waals surface area (Å²) in [5.41, 5.74) is 1.52. The molecule has 1 aliphatic carbocycles. The van der Waals surface area contributed by atoms with E-state index in [0.29, 0.717) is 17.4 Å². The first kappa shape index (κ1) is 10.8. The summed E-state index contributed by atoms with van der Waals surface area (Å²) in [6.45, 7) is 1.92. The van der Waals surface area contributed by atoms with E-state index >= 15 is 0 Å². The van der Waals surface area contributed by atoms with Gasteiger partial charge in [-0.25, -0.2) is 9.97 Å². The molecule has 0 amide bonds. The van der Waals surface area contributed by atoms with E-state index in [1.807, 2.05) is 6.92 Å². The topological polar surface area (TPSA) is 52.8 Å². The van der Waals surface area contributed by atoms with Gasteiger partial charge in [-0.2, -0.15) is 4.98 Å². The average molecular weight is 253 g/mol. The van der Waals surface area contributed by atoms with Gasteiger partial charge >= 0.3 is 0 Å². The molecule has 0 aliphatic heterocycles. The van der Waals surface area contributed by atoms with Gasteiger partial charge in [-0.05, 0) is 19.8 Å². The average Bonchev–Trinajstić information content (AvgIpc) is 3.08. The molecule has 0 saturated heterocycles. The fraction of sp³-hybridized carbons (Fsp3) is 0.545. The van der Waals surface area contributed by atoms with Crippen LogP contribution >= 0.6 is 11.6 Å². The number of ether oxygens (including phenoxy) is 1. The number of aromatic nitrogens is 4. The third-order valence-corrected chi connectivity index (χ3v) is 3.13. The molecular formula is C11H13ClN4O. The second kappa shape index (κ2) is 3.84. The summed E-state index contributed by atoms with van der Waals surface area (Å²) in [6.07, 6.45) is 3.83.